The fourth-order valence-corrected chi connectivity index (χ4v) is 6.27. The second kappa shape index (κ2) is 22.3. The molecule has 0 saturated heterocycles. The number of pyridine rings is 4. The number of alkyl halides is 13. The molecule has 0 saturated carbocycles. The third kappa shape index (κ3) is 14.0. The molecule has 26 heteroatoms. The van der Waals surface area contributed by atoms with Crippen LogP contribution in [-0.2, 0) is 55.0 Å². The first-order valence-corrected chi connectivity index (χ1v) is 19.8. The number of carbonyl (C=O) groups excluding carboxylic acids is 1. The van der Waals surface area contributed by atoms with Crippen LogP contribution in [0.3, 0.4) is 0 Å². The number of esters is 1. The first-order chi connectivity index (χ1) is 31.3. The second-order valence-corrected chi connectivity index (χ2v) is 14.0. The molecule has 0 bridgehead atoms. The summed E-state index contributed by atoms with van der Waals surface area (Å²) in [5.41, 5.74) is -3.16. The molecule has 0 aliphatic carbocycles. The molecular formula is C41H30BrClF12N8O4. The van der Waals surface area contributed by atoms with Crippen LogP contribution in [0.15, 0.2) is 109 Å². The van der Waals surface area contributed by atoms with Crippen molar-refractivity contribution in [1.29, 1.82) is 0 Å². The molecule has 0 aliphatic heterocycles. The van der Waals surface area contributed by atoms with E-state index in [1.165, 1.54) is 71.3 Å². The molecule has 0 amide bonds. The van der Waals surface area contributed by atoms with E-state index in [4.69, 9.17) is 16.7 Å². The van der Waals surface area contributed by atoms with Crippen molar-refractivity contribution < 1.29 is 67.3 Å². The predicted octanol–water partition coefficient (Wildman–Crippen LogP) is 10.4. The van der Waals surface area contributed by atoms with Gasteiger partial charge < -0.3 is 9.84 Å². The number of hydrogen-bond acceptors (Lipinski definition) is 10. The Morgan fingerprint density at radius 3 is 1.55 bits per heavy atom. The number of aliphatic hydroxyl groups excluding tert-OH is 1. The quantitative estimate of drug-likeness (QED) is 0.0738. The molecule has 0 aliphatic rings. The first-order valence-electron chi connectivity index (χ1n) is 18.3. The Balaban J connectivity index is 0.000000216. The largest absolute Gasteiger partial charge is 0.465 e. The van der Waals surface area contributed by atoms with Crippen LogP contribution in [0.1, 0.15) is 49.8 Å². The maximum absolute atomic E-state index is 13.3. The van der Waals surface area contributed by atoms with Gasteiger partial charge in [0.05, 0.1) is 36.7 Å². The van der Waals surface area contributed by atoms with Crippen molar-refractivity contribution in [2.45, 2.75) is 43.2 Å². The molecule has 12 nitrogen and oxygen atoms in total. The van der Waals surface area contributed by atoms with Crippen LogP contribution in [-0.4, -0.2) is 57.5 Å². The average Bonchev–Trinajstić information content (AvgIpc) is 3.52. The van der Waals surface area contributed by atoms with Gasteiger partial charge in [-0.25, -0.2) is 14.8 Å². The van der Waals surface area contributed by atoms with Crippen molar-refractivity contribution in [1.82, 2.24) is 39.3 Å². The number of halogens is 14. The third-order valence-corrected chi connectivity index (χ3v) is 9.51. The predicted molar refractivity (Wildman–Crippen MR) is 219 cm³/mol. The van der Waals surface area contributed by atoms with Crippen molar-refractivity contribution >= 4 is 44.4 Å². The highest BCUT2D eigenvalue weighted by Gasteiger charge is 2.38. The summed E-state index contributed by atoms with van der Waals surface area (Å²) < 4.78 is 156. The summed E-state index contributed by atoms with van der Waals surface area (Å²) in [6.07, 6.45) is -10.8. The fourth-order valence-electron chi connectivity index (χ4n) is 5.72. The van der Waals surface area contributed by atoms with E-state index in [1.54, 1.807) is 18.2 Å². The second-order valence-electron chi connectivity index (χ2n) is 13.1. The molecular weight excluding hydrogens is 1010 g/mol. The minimum Gasteiger partial charge on any atom is -0.465 e. The Labute approximate surface area is 383 Å². The van der Waals surface area contributed by atoms with E-state index in [1.807, 2.05) is 0 Å². The molecule has 0 atom stereocenters. The van der Waals surface area contributed by atoms with Gasteiger partial charge in [-0.15, -0.1) is 0 Å². The number of benzene rings is 1. The lowest BCUT2D eigenvalue weighted by atomic mass is 10.1. The van der Waals surface area contributed by atoms with Gasteiger partial charge in [0, 0.05) is 66.2 Å². The molecule has 0 radical (unpaired) electrons. The Kier molecular flexibility index (Phi) is 17.7. The summed E-state index contributed by atoms with van der Waals surface area (Å²) in [5.74, 6) is -1.05. The SMILES string of the molecule is COC(=O)c1cccnc1C(F)(F)F.Cn1c(=O)c2ccc(-c3cnc(Cl)nc3)cc2n1Cc1cccnc1C(F)(F)F.FC(F)(F)c1ncccc1CBr.OCc1cccnc1C(F)(F)F. The zero-order valence-electron chi connectivity index (χ0n) is 34.0. The number of fused-ring (bicyclic) bond motifs is 1. The van der Waals surface area contributed by atoms with Crippen molar-refractivity contribution in [3.63, 3.8) is 0 Å². The number of rotatable bonds is 6. The van der Waals surface area contributed by atoms with E-state index in [0.29, 0.717) is 22.0 Å². The number of carbonyl (C=O) groups is 1. The van der Waals surface area contributed by atoms with Gasteiger partial charge in [-0.2, -0.15) is 52.7 Å². The van der Waals surface area contributed by atoms with Gasteiger partial charge >= 0.3 is 30.7 Å². The summed E-state index contributed by atoms with van der Waals surface area (Å²) >= 11 is 8.68. The summed E-state index contributed by atoms with van der Waals surface area (Å²) in [4.78, 5) is 44.3. The van der Waals surface area contributed by atoms with E-state index in [-0.39, 0.29) is 39.4 Å². The summed E-state index contributed by atoms with van der Waals surface area (Å²) in [7, 11) is 2.52. The van der Waals surface area contributed by atoms with Crippen LogP contribution in [0, 0.1) is 0 Å². The molecule has 6 aromatic heterocycles. The van der Waals surface area contributed by atoms with Gasteiger partial charge in [-0.05, 0) is 65.2 Å². The summed E-state index contributed by atoms with van der Waals surface area (Å²) in [6.45, 7) is -0.818. The minimum absolute atomic E-state index is 0.0345. The maximum Gasteiger partial charge on any atom is 0.434 e. The average molecular weight is 1040 g/mol. The third-order valence-electron chi connectivity index (χ3n) is 8.71. The molecule has 356 valence electrons. The summed E-state index contributed by atoms with van der Waals surface area (Å²) in [5, 5.41) is 9.20. The lowest BCUT2D eigenvalue weighted by Gasteiger charge is -2.14. The number of hydrogen-bond donors (Lipinski definition) is 1. The van der Waals surface area contributed by atoms with Crippen molar-refractivity contribution in [3.05, 3.63) is 165 Å². The van der Waals surface area contributed by atoms with Gasteiger partial charge in [0.25, 0.3) is 5.56 Å². The Bertz CT molecular complexity index is 2780. The van der Waals surface area contributed by atoms with Gasteiger partial charge in [0.1, 0.15) is 17.1 Å². The van der Waals surface area contributed by atoms with Crippen LogP contribution in [0.5, 0.6) is 0 Å². The van der Waals surface area contributed by atoms with Crippen molar-refractivity contribution in [2.24, 2.45) is 7.05 Å². The molecule has 1 N–H and O–H groups in total. The smallest absolute Gasteiger partial charge is 0.434 e. The molecule has 7 rings (SSSR count). The van der Waals surface area contributed by atoms with Crippen molar-refractivity contribution in [3.8, 4) is 11.1 Å². The minimum atomic E-state index is -4.65. The highest BCUT2D eigenvalue weighted by atomic mass is 79.9. The summed E-state index contributed by atoms with van der Waals surface area (Å²) in [6, 6.07) is 15.5. The molecule has 6 heterocycles. The Morgan fingerprint density at radius 1 is 0.657 bits per heavy atom. The Hall–Kier alpha value is -6.47. The number of aliphatic hydroxyl groups is 1. The van der Waals surface area contributed by atoms with E-state index < -0.39 is 65.6 Å². The molecule has 0 fully saturated rings. The maximum atomic E-state index is 13.3. The monoisotopic (exact) mass is 1040 g/mol. The van der Waals surface area contributed by atoms with E-state index >= 15 is 0 Å². The van der Waals surface area contributed by atoms with Crippen molar-refractivity contribution in [2.75, 3.05) is 7.11 Å². The number of methoxy groups -OCH3 is 1. The van der Waals surface area contributed by atoms with Crippen LogP contribution in [0.25, 0.3) is 22.0 Å². The zero-order valence-corrected chi connectivity index (χ0v) is 36.3. The number of ether oxygens (including phenoxy) is 1. The standard InChI is InChI=1S/C19H13ClF3N5O.C8H6F3NO2.C7H5BrF3N.C7H6F3NO/c1-27-17(29)14-5-4-11(13-8-25-18(20)26-9-13)7-15(14)28(27)10-12-3-2-6-24-16(12)19(21,22)23;1-14-7(13)5-3-2-4-12-6(5)8(9,10)11;8-4-5-2-1-3-12-6(5)7(9,10)11;8-7(9,10)6-5(4-12)2-1-3-11-6/h2-9H,10H2,1H3;2-4H,1H3;1-3H,4H2;1-3,12H,4H2. The lowest BCUT2D eigenvalue weighted by Crippen LogP contribution is -2.21. The number of aromatic nitrogens is 8. The zero-order chi connectivity index (χ0) is 49.9. The van der Waals surface area contributed by atoms with E-state index in [9.17, 15) is 62.3 Å². The molecule has 1 aromatic carbocycles. The van der Waals surface area contributed by atoms with Gasteiger partial charge in [-0.1, -0.05) is 40.2 Å². The van der Waals surface area contributed by atoms with E-state index in [2.05, 4.69) is 50.6 Å². The van der Waals surface area contributed by atoms with Gasteiger partial charge in [-0.3, -0.25) is 34.1 Å². The Morgan fingerprint density at radius 2 is 1.10 bits per heavy atom. The molecule has 0 unspecified atom stereocenters. The van der Waals surface area contributed by atoms with Gasteiger partial charge in [0.2, 0.25) is 5.28 Å². The molecule has 0 spiro atoms. The topological polar surface area (TPSA) is 151 Å². The lowest BCUT2D eigenvalue weighted by molar-refractivity contribution is -0.143. The first kappa shape index (κ1) is 53.1. The molecule has 7 aromatic rings. The van der Waals surface area contributed by atoms with Crippen LogP contribution in [0.4, 0.5) is 52.7 Å². The van der Waals surface area contributed by atoms with Crippen LogP contribution < -0.4 is 5.56 Å². The van der Waals surface area contributed by atoms with Gasteiger partial charge in [0.15, 0.2) is 5.69 Å². The highest BCUT2D eigenvalue weighted by Crippen LogP contribution is 2.34. The van der Waals surface area contributed by atoms with Crippen LogP contribution in [0.2, 0.25) is 5.28 Å². The molecule has 67 heavy (non-hydrogen) atoms. The van der Waals surface area contributed by atoms with Crippen LogP contribution >= 0.6 is 27.5 Å². The normalized spacial score (nSPS) is 11.7. The van der Waals surface area contributed by atoms with E-state index in [0.717, 1.165) is 38.0 Å². The highest BCUT2D eigenvalue weighted by molar-refractivity contribution is 9.08. The fraction of sp³-hybridized carbons (Fsp3) is 0.220. The number of nitrogens with zero attached hydrogens (tertiary/aromatic N) is 8.